The maximum absolute atomic E-state index is 6.13. The Kier molecular flexibility index (Phi) is 5.56. The van der Waals surface area contributed by atoms with Crippen molar-refractivity contribution < 1.29 is 4.74 Å². The molecule has 0 spiro atoms. The van der Waals surface area contributed by atoms with Gasteiger partial charge in [-0.3, -0.25) is 0 Å². The molecule has 0 unspecified atom stereocenters. The molecule has 4 heteroatoms. The Bertz CT molecular complexity index is 307. The average Bonchev–Trinajstić information content (AvgIpc) is 2.27. The molecule has 1 aromatic rings. The summed E-state index contributed by atoms with van der Waals surface area (Å²) in [7, 11) is 1.55. The smallest absolute Gasteiger partial charge is 0.120 e. The second-order valence-electron chi connectivity index (χ2n) is 3.91. The molecule has 0 atom stereocenters. The van der Waals surface area contributed by atoms with Crippen LogP contribution in [0.2, 0.25) is 5.02 Å². The van der Waals surface area contributed by atoms with E-state index in [-0.39, 0.29) is 5.54 Å². The van der Waals surface area contributed by atoms with Crippen LogP contribution in [0.25, 0.3) is 0 Å². The molecule has 16 heavy (non-hydrogen) atoms. The third-order valence-electron chi connectivity index (χ3n) is 2.77. The standard InChI is InChI=1S/C10H12ClN.C2H5ClO/c11-9-4-2-8(3-5-9)10(12)6-1-7-10;1-4-2-3/h2-5H,1,6-7,12H2;2H2,1H3. The van der Waals surface area contributed by atoms with Gasteiger partial charge < -0.3 is 10.5 Å². The second kappa shape index (κ2) is 6.45. The zero-order valence-electron chi connectivity index (χ0n) is 9.38. The molecule has 0 amide bonds. The van der Waals surface area contributed by atoms with Crippen LogP contribution in [0, 0.1) is 0 Å². The minimum absolute atomic E-state index is 0.0510. The van der Waals surface area contributed by atoms with E-state index in [1.807, 2.05) is 24.3 Å². The van der Waals surface area contributed by atoms with E-state index in [9.17, 15) is 0 Å². The van der Waals surface area contributed by atoms with Crippen LogP contribution >= 0.6 is 23.2 Å². The lowest BCUT2D eigenvalue weighted by Gasteiger charge is -2.38. The van der Waals surface area contributed by atoms with Crippen molar-refractivity contribution in [3.63, 3.8) is 0 Å². The molecule has 2 nitrogen and oxygen atoms in total. The fourth-order valence-electron chi connectivity index (χ4n) is 1.63. The van der Waals surface area contributed by atoms with Crippen LogP contribution in [0.5, 0.6) is 0 Å². The van der Waals surface area contributed by atoms with Crippen LogP contribution in [-0.4, -0.2) is 13.2 Å². The molecule has 2 rings (SSSR count). The van der Waals surface area contributed by atoms with E-state index in [1.54, 1.807) is 7.11 Å². The summed E-state index contributed by atoms with van der Waals surface area (Å²) in [5, 5.41) is 0.779. The molecule has 0 saturated heterocycles. The van der Waals surface area contributed by atoms with Crippen LogP contribution in [0.4, 0.5) is 0 Å². The number of halogens is 2. The first-order chi connectivity index (χ1) is 7.62. The molecular weight excluding hydrogens is 245 g/mol. The van der Waals surface area contributed by atoms with Gasteiger partial charge in [0.15, 0.2) is 0 Å². The number of rotatable bonds is 2. The van der Waals surface area contributed by atoms with Crippen molar-refractivity contribution in [1.29, 1.82) is 0 Å². The zero-order valence-corrected chi connectivity index (χ0v) is 10.9. The molecule has 0 aromatic heterocycles. The van der Waals surface area contributed by atoms with Crippen molar-refractivity contribution in [3.8, 4) is 0 Å². The molecule has 0 radical (unpaired) electrons. The van der Waals surface area contributed by atoms with E-state index in [1.165, 1.54) is 12.0 Å². The first-order valence-electron chi connectivity index (χ1n) is 5.22. The van der Waals surface area contributed by atoms with Crippen LogP contribution < -0.4 is 5.73 Å². The fourth-order valence-corrected chi connectivity index (χ4v) is 1.75. The summed E-state index contributed by atoms with van der Waals surface area (Å²) in [5.74, 6) is 0. The highest BCUT2D eigenvalue weighted by Gasteiger charge is 2.33. The van der Waals surface area contributed by atoms with Crippen molar-refractivity contribution in [2.45, 2.75) is 24.8 Å². The first-order valence-corrected chi connectivity index (χ1v) is 6.13. The normalized spacial score (nSPS) is 17.0. The molecule has 1 saturated carbocycles. The molecule has 90 valence electrons. The Labute approximate surface area is 107 Å². The lowest BCUT2D eigenvalue weighted by Crippen LogP contribution is -2.43. The van der Waals surface area contributed by atoms with Crippen LogP contribution in [0.1, 0.15) is 24.8 Å². The maximum Gasteiger partial charge on any atom is 0.120 e. The summed E-state index contributed by atoms with van der Waals surface area (Å²) < 4.78 is 4.31. The second-order valence-corrected chi connectivity index (χ2v) is 4.57. The molecule has 1 aliphatic carbocycles. The van der Waals surface area contributed by atoms with E-state index >= 15 is 0 Å². The molecule has 2 N–H and O–H groups in total. The van der Waals surface area contributed by atoms with Gasteiger partial charge in [-0.1, -0.05) is 35.3 Å². The Hall–Kier alpha value is -0.280. The summed E-state index contributed by atoms with van der Waals surface area (Å²) in [4.78, 5) is 0. The first kappa shape index (κ1) is 13.8. The highest BCUT2D eigenvalue weighted by molar-refractivity contribution is 6.30. The Morgan fingerprint density at radius 3 is 2.12 bits per heavy atom. The van der Waals surface area contributed by atoms with Gasteiger partial charge in [-0.15, -0.1) is 0 Å². The molecule has 1 aromatic carbocycles. The lowest BCUT2D eigenvalue weighted by molar-refractivity contribution is 0.253. The number of ether oxygens (including phenoxy) is 1. The largest absolute Gasteiger partial charge is 0.369 e. The van der Waals surface area contributed by atoms with Gasteiger partial charge in [-0.2, -0.15) is 0 Å². The van der Waals surface area contributed by atoms with Gasteiger partial charge >= 0.3 is 0 Å². The molecule has 0 heterocycles. The summed E-state index contributed by atoms with van der Waals surface area (Å²) in [5.41, 5.74) is 7.30. The van der Waals surface area contributed by atoms with Crippen molar-refractivity contribution in [3.05, 3.63) is 34.9 Å². The van der Waals surface area contributed by atoms with Crippen molar-refractivity contribution in [2.24, 2.45) is 5.73 Å². The summed E-state index contributed by atoms with van der Waals surface area (Å²) in [6, 6.07) is 8.16. The molecule has 1 aliphatic rings. The lowest BCUT2D eigenvalue weighted by atomic mass is 9.73. The van der Waals surface area contributed by atoms with Gasteiger partial charge in [0, 0.05) is 17.7 Å². The van der Waals surface area contributed by atoms with Crippen LogP contribution in [0.15, 0.2) is 24.3 Å². The molecule has 0 aliphatic heterocycles. The van der Waals surface area contributed by atoms with E-state index in [4.69, 9.17) is 28.9 Å². The quantitative estimate of drug-likeness (QED) is 0.828. The number of methoxy groups -OCH3 is 1. The predicted molar refractivity (Wildman–Crippen MR) is 68.9 cm³/mol. The third-order valence-corrected chi connectivity index (χ3v) is 3.24. The highest BCUT2D eigenvalue weighted by atomic mass is 35.5. The van der Waals surface area contributed by atoms with Gasteiger partial charge in [0.2, 0.25) is 0 Å². The Balaban J connectivity index is 0.000000280. The minimum atomic E-state index is -0.0510. The number of benzene rings is 1. The van der Waals surface area contributed by atoms with Gasteiger partial charge in [0.05, 0.1) is 0 Å². The van der Waals surface area contributed by atoms with E-state index in [2.05, 4.69) is 4.74 Å². The summed E-state index contributed by atoms with van der Waals surface area (Å²) in [6.45, 7) is 0. The molecule has 0 bridgehead atoms. The highest BCUT2D eigenvalue weighted by Crippen LogP contribution is 2.38. The Morgan fingerprint density at radius 1 is 1.31 bits per heavy atom. The van der Waals surface area contributed by atoms with Gasteiger partial charge in [0.1, 0.15) is 6.07 Å². The van der Waals surface area contributed by atoms with E-state index in [0.717, 1.165) is 17.9 Å². The van der Waals surface area contributed by atoms with Crippen LogP contribution in [-0.2, 0) is 10.3 Å². The molecular formula is C12H17Cl2NO. The summed E-state index contributed by atoms with van der Waals surface area (Å²) >= 11 is 10.7. The number of alkyl halides is 1. The van der Waals surface area contributed by atoms with Crippen molar-refractivity contribution in [1.82, 2.24) is 0 Å². The number of hydrogen-bond acceptors (Lipinski definition) is 2. The van der Waals surface area contributed by atoms with Crippen molar-refractivity contribution >= 4 is 23.2 Å². The van der Waals surface area contributed by atoms with E-state index in [0.29, 0.717) is 6.07 Å². The number of nitrogens with two attached hydrogens (primary N) is 1. The Morgan fingerprint density at radius 2 is 1.81 bits per heavy atom. The monoisotopic (exact) mass is 261 g/mol. The minimum Gasteiger partial charge on any atom is -0.369 e. The fraction of sp³-hybridized carbons (Fsp3) is 0.500. The summed E-state index contributed by atoms with van der Waals surface area (Å²) in [6.07, 6.45) is 3.46. The average molecular weight is 262 g/mol. The number of hydrogen-bond donors (Lipinski definition) is 1. The van der Waals surface area contributed by atoms with Crippen molar-refractivity contribution in [2.75, 3.05) is 13.2 Å². The molecule has 1 fully saturated rings. The predicted octanol–water partition coefficient (Wildman–Crippen LogP) is 3.51. The van der Waals surface area contributed by atoms with Gasteiger partial charge in [0.25, 0.3) is 0 Å². The third kappa shape index (κ3) is 3.63. The maximum atomic E-state index is 6.13. The van der Waals surface area contributed by atoms with E-state index < -0.39 is 0 Å². The topological polar surface area (TPSA) is 35.2 Å². The van der Waals surface area contributed by atoms with Gasteiger partial charge in [-0.25, -0.2) is 0 Å². The zero-order chi connectivity index (χ0) is 12.0. The SMILES string of the molecule is COCCl.NC1(c2ccc(Cl)cc2)CCC1. The van der Waals surface area contributed by atoms with Gasteiger partial charge in [-0.05, 0) is 37.0 Å². The van der Waals surface area contributed by atoms with Crippen LogP contribution in [0.3, 0.4) is 0 Å².